The summed E-state index contributed by atoms with van der Waals surface area (Å²) in [7, 11) is 0. The van der Waals surface area contributed by atoms with E-state index in [9.17, 15) is 0 Å². The molecule has 0 spiro atoms. The second-order valence-electron chi connectivity index (χ2n) is 6.10. The first-order chi connectivity index (χ1) is 9.61. The van der Waals surface area contributed by atoms with Crippen LogP contribution in [0.5, 0.6) is 0 Å². The number of hydrogen-bond acceptors (Lipinski definition) is 7. The normalized spacial score (nSPS) is 33.5. The zero-order valence-electron chi connectivity index (χ0n) is 11.6. The fourth-order valence-corrected chi connectivity index (χ4v) is 4.93. The molecule has 0 bridgehead atoms. The number of fused-ring (bicyclic) bond motifs is 2. The fourth-order valence-electron chi connectivity index (χ4n) is 2.80. The minimum Gasteiger partial charge on any atom is -0.377 e. The highest BCUT2D eigenvalue weighted by atomic mass is 32.2. The van der Waals surface area contributed by atoms with Gasteiger partial charge in [-0.15, -0.1) is 0 Å². The molecule has 0 radical (unpaired) electrons. The van der Waals surface area contributed by atoms with E-state index in [4.69, 9.17) is 9.73 Å². The highest BCUT2D eigenvalue weighted by molar-refractivity contribution is 8.17. The molecular formula is C13H18N4OS2. The van der Waals surface area contributed by atoms with Crippen LogP contribution in [0.1, 0.15) is 13.8 Å². The summed E-state index contributed by atoms with van der Waals surface area (Å²) in [6.45, 7) is 6.91. The fraction of sp³-hybridized carbons (Fsp3) is 0.692. The number of nitrogens with one attached hydrogen (secondary N) is 1. The molecule has 0 amide bonds. The van der Waals surface area contributed by atoms with Crippen molar-refractivity contribution in [2.75, 3.05) is 25.5 Å². The molecule has 4 aliphatic heterocycles. The van der Waals surface area contributed by atoms with E-state index < -0.39 is 0 Å². The van der Waals surface area contributed by atoms with Gasteiger partial charge in [0.25, 0.3) is 0 Å². The summed E-state index contributed by atoms with van der Waals surface area (Å²) in [6.07, 6.45) is 0. The first-order valence-corrected chi connectivity index (χ1v) is 8.75. The van der Waals surface area contributed by atoms with Crippen LogP contribution in [0.4, 0.5) is 0 Å². The summed E-state index contributed by atoms with van der Waals surface area (Å²) in [5, 5.41) is 7.90. The van der Waals surface area contributed by atoms with Crippen molar-refractivity contribution in [2.24, 2.45) is 9.98 Å². The molecule has 0 aromatic rings. The predicted molar refractivity (Wildman–Crippen MR) is 85.3 cm³/mol. The first kappa shape index (κ1) is 13.0. The van der Waals surface area contributed by atoms with Gasteiger partial charge in [-0.2, -0.15) is 0 Å². The Balaban J connectivity index is 1.36. The number of ether oxygens (including phenoxy) is 1. The van der Waals surface area contributed by atoms with E-state index in [-0.39, 0.29) is 5.54 Å². The van der Waals surface area contributed by atoms with Gasteiger partial charge in [-0.1, -0.05) is 23.5 Å². The SMILES string of the molecule is CC1(C)CN2C(CSC3=N[C@@H]4COC[C@@H]4N3)=CSC2=N1. The van der Waals surface area contributed by atoms with E-state index in [1.807, 2.05) is 0 Å². The topological polar surface area (TPSA) is 49.2 Å². The molecule has 108 valence electrons. The Labute approximate surface area is 127 Å². The Morgan fingerprint density at radius 1 is 1.55 bits per heavy atom. The lowest BCUT2D eigenvalue weighted by Gasteiger charge is -2.20. The molecule has 20 heavy (non-hydrogen) atoms. The summed E-state index contributed by atoms with van der Waals surface area (Å²) in [5.74, 6) is 0.953. The van der Waals surface area contributed by atoms with Crippen molar-refractivity contribution in [3.05, 3.63) is 11.1 Å². The van der Waals surface area contributed by atoms with Crippen LogP contribution in [-0.2, 0) is 4.74 Å². The maximum atomic E-state index is 5.40. The Morgan fingerprint density at radius 2 is 2.45 bits per heavy atom. The molecule has 0 unspecified atom stereocenters. The third-order valence-corrected chi connectivity index (χ3v) is 5.67. The highest BCUT2D eigenvalue weighted by Gasteiger charge is 2.37. The van der Waals surface area contributed by atoms with Gasteiger partial charge in [-0.05, 0) is 19.3 Å². The number of thioether (sulfide) groups is 2. The van der Waals surface area contributed by atoms with Gasteiger partial charge < -0.3 is 15.0 Å². The van der Waals surface area contributed by atoms with Crippen molar-refractivity contribution < 1.29 is 4.74 Å². The van der Waals surface area contributed by atoms with E-state index in [1.54, 1.807) is 23.5 Å². The van der Waals surface area contributed by atoms with Crippen LogP contribution in [-0.4, -0.2) is 58.4 Å². The minimum atomic E-state index is 0.0456. The molecule has 5 nitrogen and oxygen atoms in total. The monoisotopic (exact) mass is 310 g/mol. The van der Waals surface area contributed by atoms with Crippen LogP contribution in [0.25, 0.3) is 0 Å². The van der Waals surface area contributed by atoms with E-state index >= 15 is 0 Å². The van der Waals surface area contributed by atoms with Crippen molar-refractivity contribution in [1.82, 2.24) is 10.2 Å². The molecule has 0 aromatic heterocycles. The molecule has 0 saturated carbocycles. The maximum absolute atomic E-state index is 5.40. The van der Waals surface area contributed by atoms with Gasteiger partial charge in [-0.3, -0.25) is 9.98 Å². The van der Waals surface area contributed by atoms with Gasteiger partial charge >= 0.3 is 0 Å². The molecule has 0 aromatic carbocycles. The molecule has 1 saturated heterocycles. The van der Waals surface area contributed by atoms with Crippen molar-refractivity contribution in [3.8, 4) is 0 Å². The lowest BCUT2D eigenvalue weighted by Crippen LogP contribution is -2.33. The average Bonchev–Trinajstić information content (AvgIpc) is 3.05. The number of amidine groups is 2. The lowest BCUT2D eigenvalue weighted by atomic mass is 10.1. The van der Waals surface area contributed by atoms with Gasteiger partial charge in [0.2, 0.25) is 0 Å². The highest BCUT2D eigenvalue weighted by Crippen LogP contribution is 2.36. The molecule has 0 aliphatic carbocycles. The van der Waals surface area contributed by atoms with E-state index in [0.717, 1.165) is 35.8 Å². The first-order valence-electron chi connectivity index (χ1n) is 6.89. The Kier molecular flexibility index (Phi) is 3.05. The van der Waals surface area contributed by atoms with Crippen LogP contribution >= 0.6 is 23.5 Å². The second kappa shape index (κ2) is 4.68. The zero-order chi connectivity index (χ0) is 13.7. The van der Waals surface area contributed by atoms with Crippen LogP contribution in [0.15, 0.2) is 21.1 Å². The Bertz CT molecular complexity index is 528. The van der Waals surface area contributed by atoms with Crippen molar-refractivity contribution >= 4 is 33.9 Å². The van der Waals surface area contributed by atoms with Gasteiger partial charge in [0.05, 0.1) is 30.8 Å². The average molecular weight is 310 g/mol. The summed E-state index contributed by atoms with van der Waals surface area (Å²) in [4.78, 5) is 11.8. The molecule has 7 heteroatoms. The largest absolute Gasteiger partial charge is 0.377 e. The summed E-state index contributed by atoms with van der Waals surface area (Å²) in [5.41, 5.74) is 1.39. The predicted octanol–water partition coefficient (Wildman–Crippen LogP) is 1.48. The second-order valence-corrected chi connectivity index (χ2v) is 7.90. The van der Waals surface area contributed by atoms with E-state index in [1.165, 1.54) is 5.70 Å². The lowest BCUT2D eigenvalue weighted by molar-refractivity contribution is 0.188. The molecule has 2 atom stereocenters. The molecule has 4 heterocycles. The van der Waals surface area contributed by atoms with Gasteiger partial charge in [0.1, 0.15) is 0 Å². The summed E-state index contributed by atoms with van der Waals surface area (Å²) in [6, 6.07) is 0.722. The van der Waals surface area contributed by atoms with Gasteiger partial charge in [-0.25, -0.2) is 0 Å². The van der Waals surface area contributed by atoms with Crippen molar-refractivity contribution in [1.29, 1.82) is 0 Å². The zero-order valence-corrected chi connectivity index (χ0v) is 13.3. The van der Waals surface area contributed by atoms with E-state index in [0.29, 0.717) is 12.1 Å². The Morgan fingerprint density at radius 3 is 3.30 bits per heavy atom. The number of rotatable bonds is 2. The van der Waals surface area contributed by atoms with Crippen LogP contribution in [0.2, 0.25) is 0 Å². The summed E-state index contributed by atoms with van der Waals surface area (Å²) >= 11 is 3.54. The molecular weight excluding hydrogens is 292 g/mol. The molecule has 1 fully saturated rings. The van der Waals surface area contributed by atoms with E-state index in [2.05, 4.69) is 34.5 Å². The smallest absolute Gasteiger partial charge is 0.168 e. The maximum Gasteiger partial charge on any atom is 0.168 e. The molecule has 4 rings (SSSR count). The third-order valence-electron chi connectivity index (χ3n) is 3.82. The van der Waals surface area contributed by atoms with Crippen LogP contribution in [0.3, 0.4) is 0 Å². The van der Waals surface area contributed by atoms with Gasteiger partial charge in [0, 0.05) is 18.0 Å². The van der Waals surface area contributed by atoms with Gasteiger partial charge in [0.15, 0.2) is 10.3 Å². The molecule has 4 aliphatic rings. The number of hydrogen-bond donors (Lipinski definition) is 1. The van der Waals surface area contributed by atoms with Crippen molar-refractivity contribution in [2.45, 2.75) is 31.5 Å². The van der Waals surface area contributed by atoms with Crippen LogP contribution in [0, 0.1) is 0 Å². The minimum absolute atomic E-state index is 0.0456. The quantitative estimate of drug-likeness (QED) is 0.837. The number of aliphatic imine (C=N–C) groups is 2. The third kappa shape index (κ3) is 2.25. The van der Waals surface area contributed by atoms with Crippen LogP contribution < -0.4 is 5.32 Å². The summed E-state index contributed by atoms with van der Waals surface area (Å²) < 4.78 is 5.40. The molecule has 1 N–H and O–H groups in total. The van der Waals surface area contributed by atoms with Crippen molar-refractivity contribution in [3.63, 3.8) is 0 Å². The standard InChI is InChI=1S/C13H18N4OS2/c1-13(2)7-17-8(6-20-12(17)16-13)5-19-11-14-9-3-18-4-10(9)15-11/h6,9-10H,3-5,7H2,1-2H3,(H,14,15)/t9-,10+. The Hall–Kier alpha value is -0.660. The number of nitrogens with zero attached hydrogens (tertiary/aromatic N) is 3.